The summed E-state index contributed by atoms with van der Waals surface area (Å²) >= 11 is 0. The van der Waals surface area contributed by atoms with Crippen molar-refractivity contribution in [2.45, 2.75) is 6.92 Å². The molecular formula is C13H11N5O2. The molecule has 0 aromatic carbocycles. The molecule has 0 fully saturated rings. The van der Waals surface area contributed by atoms with Gasteiger partial charge >= 0.3 is 5.97 Å². The summed E-state index contributed by atoms with van der Waals surface area (Å²) in [6, 6.07) is 7.09. The minimum atomic E-state index is -1.05. The fourth-order valence-electron chi connectivity index (χ4n) is 1.94. The first-order chi connectivity index (χ1) is 9.65. The number of rotatable bonds is 3. The molecule has 0 spiro atoms. The van der Waals surface area contributed by atoms with Crippen LogP contribution in [-0.2, 0) is 0 Å². The van der Waals surface area contributed by atoms with Crippen LogP contribution in [0.2, 0.25) is 0 Å². The van der Waals surface area contributed by atoms with Gasteiger partial charge in [0.25, 0.3) is 0 Å². The lowest BCUT2D eigenvalue weighted by Gasteiger charge is -2.05. The van der Waals surface area contributed by atoms with Gasteiger partial charge in [0.2, 0.25) is 0 Å². The normalized spacial score (nSPS) is 10.7. The Labute approximate surface area is 113 Å². The Morgan fingerprint density at radius 1 is 1.35 bits per heavy atom. The fraction of sp³-hybridized carbons (Fsp3) is 0.0769. The summed E-state index contributed by atoms with van der Waals surface area (Å²) < 4.78 is 1.32. The van der Waals surface area contributed by atoms with Crippen molar-refractivity contribution >= 4 is 23.1 Å². The monoisotopic (exact) mass is 269 g/mol. The first-order valence-electron chi connectivity index (χ1n) is 5.92. The number of aromatic nitrogens is 4. The number of nitrogens with zero attached hydrogens (tertiary/aromatic N) is 4. The largest absolute Gasteiger partial charge is 0.476 e. The van der Waals surface area contributed by atoms with Gasteiger partial charge in [-0.15, -0.1) is 5.10 Å². The zero-order valence-electron chi connectivity index (χ0n) is 10.6. The predicted molar refractivity (Wildman–Crippen MR) is 72.2 cm³/mol. The molecule has 0 unspecified atom stereocenters. The van der Waals surface area contributed by atoms with Gasteiger partial charge in [-0.2, -0.15) is 0 Å². The third kappa shape index (κ3) is 2.05. The molecule has 7 nitrogen and oxygen atoms in total. The standard InChI is InChI=1S/C13H11N5O2/c1-8-12(13(19)20)18-11(15-8)5-4-10(17-18)16-9-3-2-6-14-7-9/h2-7H,1H3,(H,16,17)(H,19,20). The molecule has 3 aromatic rings. The van der Waals surface area contributed by atoms with Gasteiger partial charge in [-0.3, -0.25) is 4.98 Å². The highest BCUT2D eigenvalue weighted by atomic mass is 16.4. The topological polar surface area (TPSA) is 92.4 Å². The van der Waals surface area contributed by atoms with Gasteiger partial charge in [0, 0.05) is 6.20 Å². The number of carboxylic acids is 1. The summed E-state index contributed by atoms with van der Waals surface area (Å²) in [4.78, 5) is 19.4. The summed E-state index contributed by atoms with van der Waals surface area (Å²) in [6.45, 7) is 1.65. The lowest BCUT2D eigenvalue weighted by molar-refractivity contribution is 0.0687. The summed E-state index contributed by atoms with van der Waals surface area (Å²) in [5.74, 6) is -0.536. The minimum Gasteiger partial charge on any atom is -0.476 e. The van der Waals surface area contributed by atoms with Gasteiger partial charge in [-0.1, -0.05) is 0 Å². The van der Waals surface area contributed by atoms with Gasteiger partial charge in [0.05, 0.1) is 17.6 Å². The number of hydrogen-bond acceptors (Lipinski definition) is 5. The second-order valence-electron chi connectivity index (χ2n) is 4.21. The molecule has 0 saturated carbocycles. The number of aryl methyl sites for hydroxylation is 1. The average Bonchev–Trinajstić information content (AvgIpc) is 2.75. The molecule has 0 aliphatic heterocycles. The van der Waals surface area contributed by atoms with Crippen LogP contribution in [0.5, 0.6) is 0 Å². The number of hydrogen-bond donors (Lipinski definition) is 2. The van der Waals surface area contributed by atoms with Crippen LogP contribution in [0.1, 0.15) is 16.2 Å². The lowest BCUT2D eigenvalue weighted by atomic mass is 10.3. The predicted octanol–water partition coefficient (Wildman–Crippen LogP) is 1.87. The number of carboxylic acid groups (broad SMARTS) is 1. The molecule has 0 saturated heterocycles. The van der Waals surface area contributed by atoms with E-state index >= 15 is 0 Å². The number of pyridine rings is 1. The van der Waals surface area contributed by atoms with Crippen LogP contribution in [-0.4, -0.2) is 30.7 Å². The van der Waals surface area contributed by atoms with E-state index in [1.165, 1.54) is 4.52 Å². The third-order valence-corrected chi connectivity index (χ3v) is 2.79. The van der Waals surface area contributed by atoms with E-state index in [1.54, 1.807) is 37.5 Å². The molecule has 0 aliphatic rings. The van der Waals surface area contributed by atoms with E-state index in [0.29, 0.717) is 17.2 Å². The van der Waals surface area contributed by atoms with Crippen LogP contribution in [0.25, 0.3) is 5.65 Å². The van der Waals surface area contributed by atoms with Crippen molar-refractivity contribution in [2.75, 3.05) is 5.32 Å². The second-order valence-corrected chi connectivity index (χ2v) is 4.21. The van der Waals surface area contributed by atoms with Crippen LogP contribution in [0, 0.1) is 6.92 Å². The first kappa shape index (κ1) is 12.1. The summed E-state index contributed by atoms with van der Waals surface area (Å²) in [5, 5.41) is 16.5. The highest BCUT2D eigenvalue weighted by Gasteiger charge is 2.16. The summed E-state index contributed by atoms with van der Waals surface area (Å²) in [7, 11) is 0. The van der Waals surface area contributed by atoms with E-state index in [9.17, 15) is 9.90 Å². The van der Waals surface area contributed by atoms with Gasteiger partial charge in [0.1, 0.15) is 0 Å². The SMILES string of the molecule is Cc1nc2ccc(Nc3cccnc3)nn2c1C(=O)O. The van der Waals surface area contributed by atoms with Crippen molar-refractivity contribution in [3.05, 3.63) is 48.0 Å². The number of fused-ring (bicyclic) bond motifs is 1. The number of carbonyl (C=O) groups is 1. The van der Waals surface area contributed by atoms with E-state index < -0.39 is 5.97 Å². The van der Waals surface area contributed by atoms with Crippen molar-refractivity contribution < 1.29 is 9.90 Å². The minimum absolute atomic E-state index is 0.0647. The molecule has 0 aliphatic carbocycles. The van der Waals surface area contributed by atoms with E-state index in [1.807, 2.05) is 6.07 Å². The Balaban J connectivity index is 2.06. The molecule has 20 heavy (non-hydrogen) atoms. The van der Waals surface area contributed by atoms with Crippen LogP contribution < -0.4 is 5.32 Å². The zero-order valence-corrected chi connectivity index (χ0v) is 10.6. The van der Waals surface area contributed by atoms with Gasteiger partial charge in [-0.25, -0.2) is 14.3 Å². The maximum atomic E-state index is 11.2. The van der Waals surface area contributed by atoms with Crippen LogP contribution in [0.15, 0.2) is 36.7 Å². The maximum absolute atomic E-state index is 11.2. The molecule has 100 valence electrons. The maximum Gasteiger partial charge on any atom is 0.356 e. The van der Waals surface area contributed by atoms with Crippen molar-refractivity contribution in [1.82, 2.24) is 19.6 Å². The number of aromatic carboxylic acids is 1. The van der Waals surface area contributed by atoms with E-state index in [2.05, 4.69) is 20.4 Å². The smallest absolute Gasteiger partial charge is 0.356 e. The van der Waals surface area contributed by atoms with Gasteiger partial charge in [0.15, 0.2) is 17.2 Å². The molecule has 0 bridgehead atoms. The molecule has 3 aromatic heterocycles. The van der Waals surface area contributed by atoms with Crippen molar-refractivity contribution in [3.63, 3.8) is 0 Å². The molecule has 0 atom stereocenters. The fourth-order valence-corrected chi connectivity index (χ4v) is 1.94. The zero-order chi connectivity index (χ0) is 14.1. The number of anilines is 2. The molecule has 7 heteroatoms. The van der Waals surface area contributed by atoms with E-state index in [4.69, 9.17) is 0 Å². The lowest BCUT2D eigenvalue weighted by Crippen LogP contribution is -2.07. The Morgan fingerprint density at radius 2 is 2.20 bits per heavy atom. The Morgan fingerprint density at radius 3 is 2.90 bits per heavy atom. The molecule has 0 amide bonds. The molecule has 2 N–H and O–H groups in total. The van der Waals surface area contributed by atoms with Crippen molar-refractivity contribution in [3.8, 4) is 0 Å². The molecular weight excluding hydrogens is 258 g/mol. The Hall–Kier alpha value is -2.96. The third-order valence-electron chi connectivity index (χ3n) is 2.79. The number of imidazole rings is 1. The van der Waals surface area contributed by atoms with Gasteiger partial charge in [-0.05, 0) is 31.2 Å². The Kier molecular flexibility index (Phi) is 2.79. The summed E-state index contributed by atoms with van der Waals surface area (Å²) in [5.41, 5.74) is 1.77. The van der Waals surface area contributed by atoms with Crippen LogP contribution in [0.4, 0.5) is 11.5 Å². The van der Waals surface area contributed by atoms with Gasteiger partial charge < -0.3 is 10.4 Å². The molecule has 0 radical (unpaired) electrons. The molecule has 3 rings (SSSR count). The van der Waals surface area contributed by atoms with Crippen molar-refractivity contribution in [1.29, 1.82) is 0 Å². The van der Waals surface area contributed by atoms with E-state index in [-0.39, 0.29) is 5.69 Å². The van der Waals surface area contributed by atoms with Crippen molar-refractivity contribution in [2.24, 2.45) is 0 Å². The highest BCUT2D eigenvalue weighted by Crippen LogP contribution is 2.16. The Bertz CT molecular complexity index is 782. The highest BCUT2D eigenvalue weighted by molar-refractivity contribution is 5.88. The summed E-state index contributed by atoms with van der Waals surface area (Å²) in [6.07, 6.45) is 3.33. The number of nitrogens with one attached hydrogen (secondary N) is 1. The molecule has 3 heterocycles. The average molecular weight is 269 g/mol. The van der Waals surface area contributed by atoms with E-state index in [0.717, 1.165) is 5.69 Å². The quantitative estimate of drug-likeness (QED) is 0.754. The van der Waals surface area contributed by atoms with Crippen LogP contribution in [0.3, 0.4) is 0 Å². The second kappa shape index (κ2) is 4.61. The first-order valence-corrected chi connectivity index (χ1v) is 5.92. The van der Waals surface area contributed by atoms with Crippen LogP contribution >= 0.6 is 0 Å².